The highest BCUT2D eigenvalue weighted by molar-refractivity contribution is 7.86. The van der Waals surface area contributed by atoms with Crippen LogP contribution in [0.1, 0.15) is 0 Å². The quantitative estimate of drug-likeness (QED) is 0.508. The largest absolute Gasteiger partial charge is 0.522 e. The van der Waals surface area contributed by atoms with E-state index in [0.29, 0.717) is 0 Å². The molecule has 0 bridgehead atoms. The van der Waals surface area contributed by atoms with Crippen LogP contribution in [0.5, 0.6) is 0 Å². The fourth-order valence-electron chi connectivity index (χ4n) is 0.205. The normalized spacial score (nSPS) is 11.4. The van der Waals surface area contributed by atoms with Crippen LogP contribution in [-0.2, 0) is 10.1 Å². The number of aromatic nitrogens is 3. The molecule has 1 aromatic rings. The smallest absolute Gasteiger partial charge is 0.279 e. The van der Waals surface area contributed by atoms with E-state index >= 15 is 0 Å². The van der Waals surface area contributed by atoms with Crippen molar-refractivity contribution in [1.82, 2.24) is 15.4 Å². The minimum absolute atomic E-state index is 1.58. The van der Waals surface area contributed by atoms with E-state index in [1.165, 1.54) is 0 Å². The van der Waals surface area contributed by atoms with Crippen LogP contribution in [-0.4, -0.2) is 33.9 Å². The first-order chi connectivity index (χ1) is 6.25. The SMILES string of the molecule is O=S(=O)(O)C(F)(F)F.c1cnnnc1. The zero-order chi connectivity index (χ0) is 11.2. The van der Waals surface area contributed by atoms with Gasteiger partial charge in [-0.25, -0.2) is 0 Å². The molecule has 1 N–H and O–H groups in total. The number of alkyl halides is 3. The molecular weight excluding hydrogens is 227 g/mol. The van der Waals surface area contributed by atoms with Gasteiger partial charge in [-0.2, -0.15) is 21.6 Å². The van der Waals surface area contributed by atoms with Crippen LogP contribution in [0.25, 0.3) is 0 Å². The maximum atomic E-state index is 10.7. The Kier molecular flexibility index (Phi) is 4.37. The van der Waals surface area contributed by atoms with Crippen LogP contribution in [0, 0.1) is 0 Å². The molecule has 0 radical (unpaired) electrons. The number of hydrogen-bond donors (Lipinski definition) is 1. The van der Waals surface area contributed by atoms with Crippen molar-refractivity contribution in [3.05, 3.63) is 18.5 Å². The molecule has 0 aliphatic rings. The van der Waals surface area contributed by atoms with Gasteiger partial charge in [-0.1, -0.05) is 0 Å². The number of nitrogens with zero attached hydrogens (tertiary/aromatic N) is 3. The summed E-state index contributed by atoms with van der Waals surface area (Å²) in [6, 6.07) is 1.72. The third-order valence-corrected chi connectivity index (χ3v) is 1.29. The highest BCUT2D eigenvalue weighted by Gasteiger charge is 2.44. The fraction of sp³-hybridized carbons (Fsp3) is 0.250. The van der Waals surface area contributed by atoms with Gasteiger partial charge >= 0.3 is 15.6 Å². The maximum Gasteiger partial charge on any atom is 0.522 e. The van der Waals surface area contributed by atoms with Gasteiger partial charge in [-0.15, -0.1) is 10.2 Å². The molecule has 0 fully saturated rings. The van der Waals surface area contributed by atoms with Gasteiger partial charge in [0, 0.05) is 0 Å². The van der Waals surface area contributed by atoms with E-state index in [-0.39, 0.29) is 0 Å². The summed E-state index contributed by atoms with van der Waals surface area (Å²) in [7, 11) is -5.84. The van der Waals surface area contributed by atoms with Gasteiger partial charge in [0.1, 0.15) is 0 Å². The van der Waals surface area contributed by atoms with Crippen LogP contribution < -0.4 is 0 Å². The summed E-state index contributed by atoms with van der Waals surface area (Å²) in [4.78, 5) is 0. The average molecular weight is 231 g/mol. The summed E-state index contributed by atoms with van der Waals surface area (Å²) in [6.07, 6.45) is 3.15. The molecule has 0 saturated heterocycles. The summed E-state index contributed by atoms with van der Waals surface area (Å²) in [5, 5.41) is 10.1. The van der Waals surface area contributed by atoms with Crippen molar-refractivity contribution in [2.45, 2.75) is 5.51 Å². The maximum absolute atomic E-state index is 10.7. The molecule has 6 nitrogen and oxygen atoms in total. The number of halogens is 3. The second-order valence-electron chi connectivity index (χ2n) is 1.73. The topological polar surface area (TPSA) is 93.0 Å². The molecule has 0 atom stereocenters. The summed E-state index contributed by atoms with van der Waals surface area (Å²) >= 11 is 0. The standard InChI is InChI=1S/C3H3N3.CHF3O3S/c1-2-4-6-5-3-1;2-1(3,4)8(5,6)7/h1-3H;(H,5,6,7). The lowest BCUT2D eigenvalue weighted by Gasteiger charge is -1.97. The molecule has 0 saturated carbocycles. The molecule has 1 rings (SSSR count). The first kappa shape index (κ1) is 12.7. The molecule has 0 aliphatic heterocycles. The zero-order valence-corrected chi connectivity index (χ0v) is 7.20. The van der Waals surface area contributed by atoms with E-state index in [0.717, 1.165) is 0 Å². The third-order valence-electron chi connectivity index (χ3n) is 0.701. The molecule has 1 aromatic heterocycles. The van der Waals surface area contributed by atoms with E-state index in [4.69, 9.17) is 13.0 Å². The van der Waals surface area contributed by atoms with Crippen molar-refractivity contribution in [3.8, 4) is 0 Å². The Morgan fingerprint density at radius 1 is 1.14 bits per heavy atom. The average Bonchev–Trinajstić information content (AvgIpc) is 2.05. The molecule has 80 valence electrons. The van der Waals surface area contributed by atoms with Crippen molar-refractivity contribution < 1.29 is 26.1 Å². The second-order valence-corrected chi connectivity index (χ2v) is 3.14. The Labute approximate surface area is 76.5 Å². The van der Waals surface area contributed by atoms with E-state index in [1.807, 2.05) is 0 Å². The predicted octanol–water partition coefficient (Wildman–Crippen LogP) is 0.266. The Morgan fingerprint density at radius 2 is 1.50 bits per heavy atom. The highest BCUT2D eigenvalue weighted by atomic mass is 32.2. The lowest BCUT2D eigenvalue weighted by molar-refractivity contribution is -0.0510. The van der Waals surface area contributed by atoms with Crippen molar-refractivity contribution in [2.75, 3.05) is 0 Å². The Bertz CT molecular complexity index is 324. The summed E-state index contributed by atoms with van der Waals surface area (Å²) in [6.45, 7) is 0. The monoisotopic (exact) mass is 231 g/mol. The van der Waals surface area contributed by atoms with E-state index < -0.39 is 15.6 Å². The van der Waals surface area contributed by atoms with Crippen LogP contribution in [0.15, 0.2) is 18.5 Å². The van der Waals surface area contributed by atoms with E-state index in [9.17, 15) is 13.2 Å². The summed E-state index contributed by atoms with van der Waals surface area (Å²) in [5.74, 6) is 0. The van der Waals surface area contributed by atoms with Crippen molar-refractivity contribution in [2.24, 2.45) is 0 Å². The van der Waals surface area contributed by atoms with Crippen molar-refractivity contribution in [1.29, 1.82) is 0 Å². The van der Waals surface area contributed by atoms with Gasteiger partial charge < -0.3 is 0 Å². The zero-order valence-electron chi connectivity index (χ0n) is 6.38. The minimum atomic E-state index is -5.84. The lowest BCUT2D eigenvalue weighted by Crippen LogP contribution is -2.21. The van der Waals surface area contributed by atoms with E-state index in [1.54, 1.807) is 18.5 Å². The summed E-state index contributed by atoms with van der Waals surface area (Å²) in [5.41, 5.74) is -5.53. The van der Waals surface area contributed by atoms with Crippen molar-refractivity contribution in [3.63, 3.8) is 0 Å². The predicted molar refractivity (Wildman–Crippen MR) is 37.4 cm³/mol. The molecule has 10 heteroatoms. The highest BCUT2D eigenvalue weighted by Crippen LogP contribution is 2.20. The van der Waals surface area contributed by atoms with Crippen molar-refractivity contribution >= 4 is 10.1 Å². The Balaban J connectivity index is 0.000000249. The van der Waals surface area contributed by atoms with E-state index in [2.05, 4.69) is 15.4 Å². The Hall–Kier alpha value is -1.29. The number of rotatable bonds is 0. The lowest BCUT2D eigenvalue weighted by atomic mass is 10.7. The molecule has 0 amide bonds. The molecule has 0 spiro atoms. The van der Waals surface area contributed by atoms with Gasteiger partial charge in [0.15, 0.2) is 0 Å². The summed E-state index contributed by atoms with van der Waals surface area (Å²) < 4.78 is 57.5. The van der Waals surface area contributed by atoms with Gasteiger partial charge in [0.25, 0.3) is 0 Å². The fourth-order valence-corrected chi connectivity index (χ4v) is 0.205. The van der Waals surface area contributed by atoms with Crippen LogP contribution in [0.2, 0.25) is 0 Å². The van der Waals surface area contributed by atoms with Gasteiger partial charge in [-0.05, 0) is 11.3 Å². The molecule has 1 heterocycles. The van der Waals surface area contributed by atoms with Crippen LogP contribution >= 0.6 is 0 Å². The molecule has 14 heavy (non-hydrogen) atoms. The van der Waals surface area contributed by atoms with Crippen LogP contribution in [0.3, 0.4) is 0 Å². The first-order valence-electron chi connectivity index (χ1n) is 2.87. The van der Waals surface area contributed by atoms with Gasteiger partial charge in [0.05, 0.1) is 12.4 Å². The van der Waals surface area contributed by atoms with Crippen LogP contribution in [0.4, 0.5) is 13.2 Å². The third kappa shape index (κ3) is 5.37. The second kappa shape index (κ2) is 4.81. The molecule has 0 unspecified atom stereocenters. The molecule has 0 aromatic carbocycles. The number of hydrogen-bond acceptors (Lipinski definition) is 5. The van der Waals surface area contributed by atoms with Gasteiger partial charge in [-0.3, -0.25) is 4.55 Å². The Morgan fingerprint density at radius 3 is 1.57 bits per heavy atom. The van der Waals surface area contributed by atoms with Gasteiger partial charge in [0.2, 0.25) is 0 Å². The minimum Gasteiger partial charge on any atom is -0.279 e. The first-order valence-corrected chi connectivity index (χ1v) is 4.31. The molecule has 0 aliphatic carbocycles. The molecular formula is C4H4F3N3O3S.